The summed E-state index contributed by atoms with van der Waals surface area (Å²) in [6.07, 6.45) is 1.21. The van der Waals surface area contributed by atoms with Gasteiger partial charge in [-0.1, -0.05) is 39.8 Å². The summed E-state index contributed by atoms with van der Waals surface area (Å²) in [6.45, 7) is 15.4. The van der Waals surface area contributed by atoms with Crippen molar-refractivity contribution in [3.63, 3.8) is 0 Å². The lowest BCUT2D eigenvalue weighted by Crippen LogP contribution is -2.49. The maximum atomic E-state index is 11.1. The number of nitrogens with one attached hydrogen (secondary N) is 1. The first kappa shape index (κ1) is 20.0. The third kappa shape index (κ3) is 8.41. The zero-order valence-electron chi connectivity index (χ0n) is 13.4. The fourth-order valence-corrected chi connectivity index (χ4v) is 1.39. The molecule has 1 aliphatic rings. The van der Waals surface area contributed by atoms with E-state index in [1.807, 2.05) is 39.5 Å². The summed E-state index contributed by atoms with van der Waals surface area (Å²) in [6, 6.07) is 0. The number of hydrogen-bond acceptors (Lipinski definition) is 2. The molecular formula is C15H30N2O2. The van der Waals surface area contributed by atoms with Gasteiger partial charge in [-0.05, 0) is 6.92 Å². The molecule has 0 aromatic heterocycles. The Bertz CT molecular complexity index is 276. The van der Waals surface area contributed by atoms with Crippen LogP contribution in [0.15, 0.2) is 12.2 Å². The van der Waals surface area contributed by atoms with Gasteiger partial charge in [0.2, 0.25) is 11.8 Å². The van der Waals surface area contributed by atoms with Crippen molar-refractivity contribution < 1.29 is 9.59 Å². The highest BCUT2D eigenvalue weighted by Crippen LogP contribution is 2.22. The van der Waals surface area contributed by atoms with Gasteiger partial charge in [0, 0.05) is 38.9 Å². The molecule has 0 atom stereocenters. The molecule has 0 aliphatic carbocycles. The number of hydrogen-bond donors (Lipinski definition) is 1. The van der Waals surface area contributed by atoms with Gasteiger partial charge in [-0.15, -0.1) is 0 Å². The Morgan fingerprint density at radius 3 is 1.89 bits per heavy atom. The topological polar surface area (TPSA) is 49.4 Å². The van der Waals surface area contributed by atoms with Gasteiger partial charge < -0.3 is 10.2 Å². The molecule has 1 rings (SSSR count). The van der Waals surface area contributed by atoms with E-state index in [1.165, 1.54) is 5.57 Å². The Morgan fingerprint density at radius 1 is 1.21 bits per heavy atom. The summed E-state index contributed by atoms with van der Waals surface area (Å²) in [5, 5.41) is 2.48. The molecule has 0 aromatic rings. The highest BCUT2D eigenvalue weighted by molar-refractivity contribution is 5.76. The van der Waals surface area contributed by atoms with Crippen molar-refractivity contribution in [1.29, 1.82) is 0 Å². The van der Waals surface area contributed by atoms with Crippen LogP contribution in [0.3, 0.4) is 0 Å². The first-order valence-electron chi connectivity index (χ1n) is 7.09. The summed E-state index contributed by atoms with van der Waals surface area (Å²) < 4.78 is 0. The lowest BCUT2D eigenvalue weighted by atomic mass is 9.93. The SMILES string of the molecule is C=C(C)C1CN(C(=O)CC)C1.CC.CCC(=O)NC. The van der Waals surface area contributed by atoms with Gasteiger partial charge in [0.05, 0.1) is 0 Å². The standard InChI is InChI=1S/C9H15NO.C4H9NO.C2H6/c1-4-9(11)10-5-8(6-10)7(2)3;1-3-4(6)5-2;1-2/h8H,2,4-6H2,1,3H3;3H2,1-2H3,(H,5,6);1-2H3. The minimum Gasteiger partial charge on any atom is -0.359 e. The van der Waals surface area contributed by atoms with Crippen molar-refractivity contribution in [3.8, 4) is 0 Å². The maximum absolute atomic E-state index is 11.1. The zero-order chi connectivity index (χ0) is 15.4. The Morgan fingerprint density at radius 2 is 1.68 bits per heavy atom. The number of carbonyl (C=O) groups excluding carboxylic acids is 2. The van der Waals surface area contributed by atoms with Crippen LogP contribution in [0.1, 0.15) is 47.5 Å². The molecular weight excluding hydrogens is 240 g/mol. The second kappa shape index (κ2) is 11.8. The molecule has 112 valence electrons. The van der Waals surface area contributed by atoms with E-state index in [-0.39, 0.29) is 11.8 Å². The Labute approximate surface area is 118 Å². The third-order valence-electron chi connectivity index (χ3n) is 2.83. The quantitative estimate of drug-likeness (QED) is 0.801. The van der Waals surface area contributed by atoms with Gasteiger partial charge in [-0.3, -0.25) is 9.59 Å². The van der Waals surface area contributed by atoms with Crippen LogP contribution < -0.4 is 5.32 Å². The summed E-state index contributed by atoms with van der Waals surface area (Å²) in [4.78, 5) is 23.0. The van der Waals surface area contributed by atoms with Gasteiger partial charge in [-0.2, -0.15) is 0 Å². The minimum atomic E-state index is 0.0926. The molecule has 0 spiro atoms. The van der Waals surface area contributed by atoms with E-state index in [9.17, 15) is 9.59 Å². The molecule has 0 saturated carbocycles. The summed E-state index contributed by atoms with van der Waals surface area (Å²) >= 11 is 0. The number of amides is 2. The zero-order valence-corrected chi connectivity index (χ0v) is 13.4. The van der Waals surface area contributed by atoms with E-state index in [0.29, 0.717) is 18.8 Å². The van der Waals surface area contributed by atoms with E-state index >= 15 is 0 Å². The van der Waals surface area contributed by atoms with Crippen LogP contribution in [-0.4, -0.2) is 36.9 Å². The predicted molar refractivity (Wildman–Crippen MR) is 80.9 cm³/mol. The lowest BCUT2D eigenvalue weighted by Gasteiger charge is -2.39. The van der Waals surface area contributed by atoms with Crippen LogP contribution >= 0.6 is 0 Å². The van der Waals surface area contributed by atoms with E-state index in [1.54, 1.807) is 7.05 Å². The Kier molecular flexibility index (Phi) is 12.4. The summed E-state index contributed by atoms with van der Waals surface area (Å²) in [5.74, 6) is 0.919. The van der Waals surface area contributed by atoms with Crippen molar-refractivity contribution in [1.82, 2.24) is 10.2 Å². The normalized spacial score (nSPS) is 13.1. The molecule has 2 amide bonds. The van der Waals surface area contributed by atoms with Crippen LogP contribution in [0.2, 0.25) is 0 Å². The van der Waals surface area contributed by atoms with Crippen molar-refractivity contribution in [2.75, 3.05) is 20.1 Å². The van der Waals surface area contributed by atoms with Gasteiger partial charge in [-0.25, -0.2) is 0 Å². The minimum absolute atomic E-state index is 0.0926. The monoisotopic (exact) mass is 270 g/mol. The molecule has 1 N–H and O–H groups in total. The molecule has 0 unspecified atom stereocenters. The second-order valence-electron chi connectivity index (χ2n) is 4.22. The summed E-state index contributed by atoms with van der Waals surface area (Å²) in [7, 11) is 1.63. The molecule has 19 heavy (non-hydrogen) atoms. The number of rotatable bonds is 3. The fraction of sp³-hybridized carbons (Fsp3) is 0.733. The van der Waals surface area contributed by atoms with Crippen LogP contribution in [0.4, 0.5) is 0 Å². The lowest BCUT2D eigenvalue weighted by molar-refractivity contribution is -0.136. The maximum Gasteiger partial charge on any atom is 0.222 e. The number of carbonyl (C=O) groups is 2. The smallest absolute Gasteiger partial charge is 0.222 e. The van der Waals surface area contributed by atoms with Crippen molar-refractivity contribution in [2.45, 2.75) is 47.5 Å². The van der Waals surface area contributed by atoms with Crippen LogP contribution in [0, 0.1) is 5.92 Å². The van der Waals surface area contributed by atoms with E-state index in [4.69, 9.17) is 0 Å². The van der Waals surface area contributed by atoms with Crippen molar-refractivity contribution in [2.24, 2.45) is 5.92 Å². The van der Waals surface area contributed by atoms with E-state index < -0.39 is 0 Å². The van der Waals surface area contributed by atoms with Crippen molar-refractivity contribution in [3.05, 3.63) is 12.2 Å². The van der Waals surface area contributed by atoms with E-state index in [0.717, 1.165) is 13.1 Å². The van der Waals surface area contributed by atoms with E-state index in [2.05, 4.69) is 11.9 Å². The molecule has 1 saturated heterocycles. The molecule has 0 radical (unpaired) electrons. The number of likely N-dealkylation sites (tertiary alicyclic amines) is 1. The Hall–Kier alpha value is -1.32. The Balaban J connectivity index is 0. The fourth-order valence-electron chi connectivity index (χ4n) is 1.39. The number of nitrogens with zero attached hydrogens (tertiary/aromatic N) is 1. The van der Waals surface area contributed by atoms with Gasteiger partial charge >= 0.3 is 0 Å². The molecule has 1 aliphatic heterocycles. The largest absolute Gasteiger partial charge is 0.359 e. The van der Waals surface area contributed by atoms with Crippen LogP contribution in [0.5, 0.6) is 0 Å². The molecule has 1 heterocycles. The average Bonchev–Trinajstić information content (AvgIpc) is 2.38. The van der Waals surface area contributed by atoms with Crippen LogP contribution in [0.25, 0.3) is 0 Å². The van der Waals surface area contributed by atoms with Gasteiger partial charge in [0.1, 0.15) is 0 Å². The first-order chi connectivity index (χ1) is 8.96. The molecule has 4 heteroatoms. The van der Waals surface area contributed by atoms with Crippen molar-refractivity contribution >= 4 is 11.8 Å². The van der Waals surface area contributed by atoms with Gasteiger partial charge in [0.15, 0.2) is 0 Å². The third-order valence-corrected chi connectivity index (χ3v) is 2.83. The first-order valence-corrected chi connectivity index (χ1v) is 7.09. The molecule has 4 nitrogen and oxygen atoms in total. The average molecular weight is 270 g/mol. The summed E-state index contributed by atoms with van der Waals surface area (Å²) in [5.41, 5.74) is 1.20. The second-order valence-corrected chi connectivity index (χ2v) is 4.22. The van der Waals surface area contributed by atoms with Crippen LogP contribution in [-0.2, 0) is 9.59 Å². The van der Waals surface area contributed by atoms with Gasteiger partial charge in [0.25, 0.3) is 0 Å². The molecule has 0 aromatic carbocycles. The highest BCUT2D eigenvalue weighted by atomic mass is 16.2. The predicted octanol–water partition coefficient (Wildman–Crippen LogP) is 2.60. The highest BCUT2D eigenvalue weighted by Gasteiger charge is 2.29. The molecule has 1 fully saturated rings. The molecule has 0 bridgehead atoms.